The van der Waals surface area contributed by atoms with Gasteiger partial charge in [0.05, 0.1) is 0 Å². The zero-order valence-electron chi connectivity index (χ0n) is 11.3. The molecule has 106 valence electrons. The third-order valence-electron chi connectivity index (χ3n) is 3.93. The van der Waals surface area contributed by atoms with Crippen LogP contribution in [0.15, 0.2) is 18.2 Å². The van der Waals surface area contributed by atoms with Crippen molar-refractivity contribution in [3.63, 3.8) is 0 Å². The molecule has 1 fully saturated rings. The van der Waals surface area contributed by atoms with Gasteiger partial charge in [-0.1, -0.05) is 6.07 Å². The number of amides is 2. The predicted octanol–water partition coefficient (Wildman–Crippen LogP) is 0.341. The molecule has 1 atom stereocenters. The van der Waals surface area contributed by atoms with Crippen LogP contribution in [0.4, 0.5) is 11.4 Å². The molecule has 2 aliphatic rings. The van der Waals surface area contributed by atoms with E-state index in [-0.39, 0.29) is 11.8 Å². The number of carbonyl (C=O) groups excluding carboxylic acids is 2. The van der Waals surface area contributed by atoms with Gasteiger partial charge in [-0.3, -0.25) is 9.59 Å². The number of rotatable bonds is 1. The Labute approximate surface area is 117 Å². The molecule has 2 heterocycles. The van der Waals surface area contributed by atoms with E-state index in [1.165, 1.54) is 0 Å². The first-order chi connectivity index (χ1) is 9.56. The SMILES string of the molecule is CC(=O)N1CCN(c2ccc3c(c2)NC(=O)C3O)CC1. The Hall–Kier alpha value is -2.08. The Bertz CT molecular complexity index is 565. The summed E-state index contributed by atoms with van der Waals surface area (Å²) in [6.45, 7) is 4.55. The van der Waals surface area contributed by atoms with E-state index in [4.69, 9.17) is 0 Å². The molecule has 2 N–H and O–H groups in total. The lowest BCUT2D eigenvalue weighted by Crippen LogP contribution is -2.48. The highest BCUT2D eigenvalue weighted by Gasteiger charge is 2.29. The molecule has 20 heavy (non-hydrogen) atoms. The number of aliphatic hydroxyl groups is 1. The van der Waals surface area contributed by atoms with E-state index in [0.29, 0.717) is 24.3 Å². The first-order valence-corrected chi connectivity index (χ1v) is 6.69. The minimum Gasteiger partial charge on any atom is -0.378 e. The van der Waals surface area contributed by atoms with Crippen molar-refractivity contribution < 1.29 is 14.7 Å². The number of fused-ring (bicyclic) bond motifs is 1. The van der Waals surface area contributed by atoms with Gasteiger partial charge in [0, 0.05) is 50.0 Å². The molecule has 2 amide bonds. The molecule has 0 saturated carbocycles. The second-order valence-corrected chi connectivity index (χ2v) is 5.16. The molecular weight excluding hydrogens is 258 g/mol. The van der Waals surface area contributed by atoms with E-state index in [1.54, 1.807) is 13.0 Å². The zero-order valence-corrected chi connectivity index (χ0v) is 11.3. The summed E-state index contributed by atoms with van der Waals surface area (Å²) < 4.78 is 0. The lowest BCUT2D eigenvalue weighted by molar-refractivity contribution is -0.129. The third-order valence-corrected chi connectivity index (χ3v) is 3.93. The zero-order chi connectivity index (χ0) is 14.3. The van der Waals surface area contributed by atoms with E-state index in [9.17, 15) is 14.7 Å². The summed E-state index contributed by atoms with van der Waals surface area (Å²) in [5, 5.41) is 12.4. The number of nitrogens with one attached hydrogen (secondary N) is 1. The highest BCUT2D eigenvalue weighted by atomic mass is 16.3. The Morgan fingerprint density at radius 2 is 2.00 bits per heavy atom. The van der Waals surface area contributed by atoms with Crippen LogP contribution >= 0.6 is 0 Å². The monoisotopic (exact) mass is 275 g/mol. The minimum atomic E-state index is -1.06. The van der Waals surface area contributed by atoms with Gasteiger partial charge in [0.25, 0.3) is 5.91 Å². The smallest absolute Gasteiger partial charge is 0.257 e. The van der Waals surface area contributed by atoms with E-state index in [0.717, 1.165) is 18.8 Å². The molecule has 1 aromatic carbocycles. The van der Waals surface area contributed by atoms with Crippen LogP contribution in [-0.4, -0.2) is 48.0 Å². The summed E-state index contributed by atoms with van der Waals surface area (Å²) in [5.41, 5.74) is 2.30. The summed E-state index contributed by atoms with van der Waals surface area (Å²) in [6, 6.07) is 5.57. The number of piperazine rings is 1. The normalized spacial score (nSPS) is 21.7. The first kappa shape index (κ1) is 12.9. The van der Waals surface area contributed by atoms with Crippen LogP contribution in [0.5, 0.6) is 0 Å². The van der Waals surface area contributed by atoms with Crippen LogP contribution in [0, 0.1) is 0 Å². The van der Waals surface area contributed by atoms with Gasteiger partial charge in [-0.05, 0) is 12.1 Å². The minimum absolute atomic E-state index is 0.106. The second kappa shape index (κ2) is 4.79. The maximum atomic E-state index is 11.4. The number of aliphatic hydroxyl groups excluding tert-OH is 1. The largest absolute Gasteiger partial charge is 0.378 e. The van der Waals surface area contributed by atoms with Crippen molar-refractivity contribution in [2.75, 3.05) is 36.4 Å². The summed E-state index contributed by atoms with van der Waals surface area (Å²) in [7, 11) is 0. The fourth-order valence-electron chi connectivity index (χ4n) is 2.71. The number of carbonyl (C=O) groups is 2. The molecule has 2 aliphatic heterocycles. The molecule has 6 heteroatoms. The van der Waals surface area contributed by atoms with E-state index < -0.39 is 6.10 Å². The first-order valence-electron chi connectivity index (χ1n) is 6.69. The number of nitrogens with zero attached hydrogens (tertiary/aromatic N) is 2. The van der Waals surface area contributed by atoms with Crippen molar-refractivity contribution >= 4 is 23.2 Å². The van der Waals surface area contributed by atoms with Crippen LogP contribution in [-0.2, 0) is 9.59 Å². The van der Waals surface area contributed by atoms with E-state index in [2.05, 4.69) is 10.2 Å². The van der Waals surface area contributed by atoms with Gasteiger partial charge in [0.1, 0.15) is 0 Å². The van der Waals surface area contributed by atoms with E-state index in [1.807, 2.05) is 17.0 Å². The van der Waals surface area contributed by atoms with Crippen LogP contribution in [0.3, 0.4) is 0 Å². The lowest BCUT2D eigenvalue weighted by Gasteiger charge is -2.35. The molecule has 0 aliphatic carbocycles. The fraction of sp³-hybridized carbons (Fsp3) is 0.429. The number of benzene rings is 1. The highest BCUT2D eigenvalue weighted by Crippen LogP contribution is 2.34. The number of anilines is 2. The van der Waals surface area contributed by atoms with Crippen molar-refractivity contribution in [3.05, 3.63) is 23.8 Å². The molecule has 1 aromatic rings. The summed E-state index contributed by atoms with van der Waals surface area (Å²) in [4.78, 5) is 26.7. The topological polar surface area (TPSA) is 72.9 Å². The fourth-order valence-corrected chi connectivity index (χ4v) is 2.71. The van der Waals surface area contributed by atoms with Crippen molar-refractivity contribution in [2.45, 2.75) is 13.0 Å². The Morgan fingerprint density at radius 3 is 2.65 bits per heavy atom. The molecular formula is C14H17N3O3. The van der Waals surface area contributed by atoms with Gasteiger partial charge >= 0.3 is 0 Å². The molecule has 0 spiro atoms. The van der Waals surface area contributed by atoms with Gasteiger partial charge < -0.3 is 20.2 Å². The Kier molecular flexibility index (Phi) is 3.10. The van der Waals surface area contributed by atoms with Crippen molar-refractivity contribution in [1.29, 1.82) is 0 Å². The standard InChI is InChI=1S/C14H17N3O3/c1-9(18)16-4-6-17(7-5-16)10-2-3-11-12(8-10)15-14(20)13(11)19/h2-3,8,13,19H,4-7H2,1H3,(H,15,20). The molecule has 3 rings (SSSR count). The van der Waals surface area contributed by atoms with Crippen LogP contribution in [0.1, 0.15) is 18.6 Å². The molecule has 1 saturated heterocycles. The summed E-state index contributed by atoms with van der Waals surface area (Å²) >= 11 is 0. The van der Waals surface area contributed by atoms with Crippen molar-refractivity contribution in [1.82, 2.24) is 4.90 Å². The van der Waals surface area contributed by atoms with E-state index >= 15 is 0 Å². The maximum Gasteiger partial charge on any atom is 0.257 e. The number of hydrogen-bond acceptors (Lipinski definition) is 4. The van der Waals surface area contributed by atoms with Gasteiger partial charge in [-0.15, -0.1) is 0 Å². The third kappa shape index (κ3) is 2.12. The molecule has 1 unspecified atom stereocenters. The average Bonchev–Trinajstić information content (AvgIpc) is 2.74. The molecule has 0 radical (unpaired) electrons. The predicted molar refractivity (Wildman–Crippen MR) is 74.5 cm³/mol. The van der Waals surface area contributed by atoms with Crippen molar-refractivity contribution in [2.24, 2.45) is 0 Å². The second-order valence-electron chi connectivity index (χ2n) is 5.16. The molecule has 0 bridgehead atoms. The molecule has 0 aromatic heterocycles. The van der Waals surface area contributed by atoms with Crippen molar-refractivity contribution in [3.8, 4) is 0 Å². The highest BCUT2D eigenvalue weighted by molar-refractivity contribution is 6.02. The average molecular weight is 275 g/mol. The van der Waals surface area contributed by atoms with Crippen LogP contribution < -0.4 is 10.2 Å². The number of hydrogen-bond donors (Lipinski definition) is 2. The van der Waals surface area contributed by atoms with Crippen LogP contribution in [0.25, 0.3) is 0 Å². The summed E-state index contributed by atoms with van der Waals surface area (Å²) in [5.74, 6) is -0.271. The lowest BCUT2D eigenvalue weighted by atomic mass is 10.1. The summed E-state index contributed by atoms with van der Waals surface area (Å²) in [6.07, 6.45) is -1.06. The van der Waals surface area contributed by atoms with Gasteiger partial charge in [-0.2, -0.15) is 0 Å². The Morgan fingerprint density at radius 1 is 1.30 bits per heavy atom. The molecule has 6 nitrogen and oxygen atoms in total. The Balaban J connectivity index is 1.75. The van der Waals surface area contributed by atoms with Crippen LogP contribution in [0.2, 0.25) is 0 Å². The van der Waals surface area contributed by atoms with Gasteiger partial charge in [0.2, 0.25) is 5.91 Å². The van der Waals surface area contributed by atoms with Gasteiger partial charge in [0.15, 0.2) is 6.10 Å². The maximum absolute atomic E-state index is 11.4. The quantitative estimate of drug-likeness (QED) is 0.775. The van der Waals surface area contributed by atoms with Gasteiger partial charge in [-0.25, -0.2) is 0 Å².